The van der Waals surface area contributed by atoms with E-state index in [-0.39, 0.29) is 10.5 Å². The Balaban J connectivity index is 1.88. The van der Waals surface area contributed by atoms with Gasteiger partial charge < -0.3 is 5.32 Å². The van der Waals surface area contributed by atoms with Crippen molar-refractivity contribution in [1.29, 1.82) is 0 Å². The molecule has 0 aliphatic carbocycles. The van der Waals surface area contributed by atoms with E-state index in [0.29, 0.717) is 34.2 Å². The maximum Gasteiger partial charge on any atom is 0.255 e. The first-order valence-electron chi connectivity index (χ1n) is 8.64. The van der Waals surface area contributed by atoms with Gasteiger partial charge in [0.05, 0.1) is 15.6 Å². The molecule has 1 saturated heterocycles. The first-order valence-corrected chi connectivity index (χ1v) is 11.3. The number of rotatable bonds is 4. The fraction of sp³-hybridized carbons (Fsp3) is 0.316. The fourth-order valence-corrected chi connectivity index (χ4v) is 5.57. The van der Waals surface area contributed by atoms with E-state index in [1.165, 1.54) is 10.4 Å². The molecular formula is C19H20BrClN2O3S. The maximum atomic E-state index is 13.0. The second-order valence-corrected chi connectivity index (χ2v) is 9.83. The largest absolute Gasteiger partial charge is 0.321 e. The number of para-hydroxylation sites is 1. The lowest BCUT2D eigenvalue weighted by Crippen LogP contribution is -2.38. The van der Waals surface area contributed by atoms with Crippen molar-refractivity contribution in [3.05, 3.63) is 57.5 Å². The molecule has 0 unspecified atom stereocenters. The highest BCUT2D eigenvalue weighted by Gasteiger charge is 2.30. The van der Waals surface area contributed by atoms with Gasteiger partial charge in [-0.3, -0.25) is 4.79 Å². The van der Waals surface area contributed by atoms with Gasteiger partial charge >= 0.3 is 0 Å². The molecule has 1 heterocycles. The molecule has 144 valence electrons. The summed E-state index contributed by atoms with van der Waals surface area (Å²) in [4.78, 5) is 12.7. The van der Waals surface area contributed by atoms with Gasteiger partial charge in [0.1, 0.15) is 0 Å². The second kappa shape index (κ2) is 8.31. The van der Waals surface area contributed by atoms with E-state index in [2.05, 4.69) is 28.2 Å². The van der Waals surface area contributed by atoms with Crippen LogP contribution < -0.4 is 5.32 Å². The van der Waals surface area contributed by atoms with E-state index in [4.69, 9.17) is 11.6 Å². The predicted molar refractivity (Wildman–Crippen MR) is 111 cm³/mol. The molecule has 2 aromatic carbocycles. The second-order valence-electron chi connectivity index (χ2n) is 6.67. The van der Waals surface area contributed by atoms with Gasteiger partial charge in [-0.1, -0.05) is 30.7 Å². The molecule has 0 radical (unpaired) electrons. The first kappa shape index (κ1) is 20.3. The van der Waals surface area contributed by atoms with Gasteiger partial charge in [-0.15, -0.1) is 0 Å². The minimum Gasteiger partial charge on any atom is -0.321 e. The van der Waals surface area contributed by atoms with Crippen LogP contribution in [0.25, 0.3) is 0 Å². The Morgan fingerprint density at radius 3 is 2.52 bits per heavy atom. The van der Waals surface area contributed by atoms with Crippen molar-refractivity contribution in [3.8, 4) is 0 Å². The quantitative estimate of drug-likeness (QED) is 0.698. The average molecular weight is 472 g/mol. The number of carbonyl (C=O) groups excluding carboxylic acids is 1. The number of halogens is 2. The topological polar surface area (TPSA) is 66.5 Å². The highest BCUT2D eigenvalue weighted by molar-refractivity contribution is 9.10. The molecule has 1 aliphatic rings. The van der Waals surface area contributed by atoms with Crippen LogP contribution in [0.15, 0.2) is 51.8 Å². The molecule has 3 rings (SSSR count). The van der Waals surface area contributed by atoms with E-state index >= 15 is 0 Å². The molecule has 5 nitrogen and oxygen atoms in total. The third kappa shape index (κ3) is 4.54. The van der Waals surface area contributed by atoms with Crippen LogP contribution in [0.5, 0.6) is 0 Å². The molecular weight excluding hydrogens is 452 g/mol. The first-order chi connectivity index (χ1) is 12.8. The van der Waals surface area contributed by atoms with Crippen LogP contribution in [0, 0.1) is 5.92 Å². The van der Waals surface area contributed by atoms with Crippen molar-refractivity contribution in [2.45, 2.75) is 24.7 Å². The van der Waals surface area contributed by atoms with E-state index in [9.17, 15) is 13.2 Å². The molecule has 8 heteroatoms. The Morgan fingerprint density at radius 2 is 1.85 bits per heavy atom. The van der Waals surface area contributed by atoms with Crippen molar-refractivity contribution in [2.75, 3.05) is 18.4 Å². The monoisotopic (exact) mass is 470 g/mol. The smallest absolute Gasteiger partial charge is 0.255 e. The summed E-state index contributed by atoms with van der Waals surface area (Å²) in [6.45, 7) is 3.11. The number of hydrogen-bond donors (Lipinski definition) is 1. The third-order valence-corrected chi connectivity index (χ3v) is 7.90. The Bertz CT molecular complexity index is 957. The standard InChI is InChI=1S/C19H20BrClN2O3S/c1-13-8-10-23(11-9-13)27(25,26)18-12-14(6-7-15(18)20)19(24)22-17-5-3-2-4-16(17)21/h2-7,12-13H,8-11H2,1H3,(H,22,24). The summed E-state index contributed by atoms with van der Waals surface area (Å²) >= 11 is 9.39. The zero-order valence-electron chi connectivity index (χ0n) is 14.8. The molecule has 0 aromatic heterocycles. The molecule has 0 atom stereocenters. The lowest BCUT2D eigenvalue weighted by Gasteiger charge is -2.29. The summed E-state index contributed by atoms with van der Waals surface area (Å²) in [6, 6.07) is 11.5. The zero-order valence-corrected chi connectivity index (χ0v) is 17.9. The number of nitrogens with zero attached hydrogens (tertiary/aromatic N) is 1. The summed E-state index contributed by atoms with van der Waals surface area (Å²) in [6.07, 6.45) is 1.67. The van der Waals surface area contributed by atoms with Gasteiger partial charge in [-0.25, -0.2) is 8.42 Å². The lowest BCUT2D eigenvalue weighted by molar-refractivity contribution is 0.102. The minimum absolute atomic E-state index is 0.101. The summed E-state index contributed by atoms with van der Waals surface area (Å²) in [5.74, 6) is 0.104. The number of sulfonamides is 1. The van der Waals surface area contributed by atoms with E-state index in [0.717, 1.165) is 12.8 Å². The van der Waals surface area contributed by atoms with Crippen LogP contribution in [0.3, 0.4) is 0 Å². The molecule has 1 fully saturated rings. The van der Waals surface area contributed by atoms with Gasteiger partial charge in [0.15, 0.2) is 0 Å². The highest BCUT2D eigenvalue weighted by Crippen LogP contribution is 2.30. The van der Waals surface area contributed by atoms with Crippen LogP contribution >= 0.6 is 27.5 Å². The van der Waals surface area contributed by atoms with Gasteiger partial charge in [-0.05, 0) is 65.0 Å². The SMILES string of the molecule is CC1CCN(S(=O)(=O)c2cc(C(=O)Nc3ccccc3Cl)ccc2Br)CC1. The molecule has 0 saturated carbocycles. The van der Waals surface area contributed by atoms with Gasteiger partial charge in [0, 0.05) is 23.1 Å². The fourth-order valence-electron chi connectivity index (χ4n) is 2.96. The number of amides is 1. The average Bonchev–Trinajstić information content (AvgIpc) is 2.64. The summed E-state index contributed by atoms with van der Waals surface area (Å²) in [5.41, 5.74) is 0.726. The minimum atomic E-state index is -3.67. The molecule has 1 aliphatic heterocycles. The summed E-state index contributed by atoms with van der Waals surface area (Å²) in [5, 5.41) is 3.13. The number of anilines is 1. The van der Waals surface area contributed by atoms with Gasteiger partial charge in [0.2, 0.25) is 10.0 Å². The molecule has 0 spiro atoms. The summed E-state index contributed by atoms with van der Waals surface area (Å²) in [7, 11) is -3.67. The van der Waals surface area contributed by atoms with Crippen molar-refractivity contribution in [1.82, 2.24) is 4.31 Å². The van der Waals surface area contributed by atoms with Gasteiger partial charge in [0.25, 0.3) is 5.91 Å². The lowest BCUT2D eigenvalue weighted by atomic mass is 10.0. The normalized spacial score (nSPS) is 16.3. The summed E-state index contributed by atoms with van der Waals surface area (Å²) < 4.78 is 28.0. The van der Waals surface area contributed by atoms with Crippen LogP contribution in [-0.2, 0) is 10.0 Å². The maximum absolute atomic E-state index is 13.0. The molecule has 1 N–H and O–H groups in total. The molecule has 27 heavy (non-hydrogen) atoms. The van der Waals surface area contributed by atoms with Crippen LogP contribution in [0.1, 0.15) is 30.1 Å². The third-order valence-electron chi connectivity index (χ3n) is 4.68. The number of hydrogen-bond acceptors (Lipinski definition) is 3. The molecule has 1 amide bonds. The van der Waals surface area contributed by atoms with E-state index in [1.807, 2.05) is 0 Å². The van der Waals surface area contributed by atoms with Gasteiger partial charge in [-0.2, -0.15) is 4.31 Å². The van der Waals surface area contributed by atoms with Crippen molar-refractivity contribution in [2.24, 2.45) is 5.92 Å². The number of nitrogens with one attached hydrogen (secondary N) is 1. The van der Waals surface area contributed by atoms with E-state index < -0.39 is 15.9 Å². The Labute approximate surface area is 172 Å². The highest BCUT2D eigenvalue weighted by atomic mass is 79.9. The molecule has 0 bridgehead atoms. The van der Waals surface area contributed by atoms with Crippen molar-refractivity contribution < 1.29 is 13.2 Å². The van der Waals surface area contributed by atoms with Crippen molar-refractivity contribution in [3.63, 3.8) is 0 Å². The Kier molecular flexibility index (Phi) is 6.25. The van der Waals surface area contributed by atoms with E-state index in [1.54, 1.807) is 36.4 Å². The zero-order chi connectivity index (χ0) is 19.6. The van der Waals surface area contributed by atoms with Crippen LogP contribution in [-0.4, -0.2) is 31.7 Å². The number of piperidine rings is 1. The Morgan fingerprint density at radius 1 is 1.19 bits per heavy atom. The predicted octanol–water partition coefficient (Wildman–Crippen LogP) is 4.78. The Hall–Kier alpha value is -1.41. The molecule has 2 aromatic rings. The number of carbonyl (C=O) groups is 1. The van der Waals surface area contributed by atoms with Crippen LogP contribution in [0.4, 0.5) is 5.69 Å². The number of benzene rings is 2. The van der Waals surface area contributed by atoms with Crippen molar-refractivity contribution >= 4 is 49.1 Å². The van der Waals surface area contributed by atoms with Crippen LogP contribution in [0.2, 0.25) is 5.02 Å².